The molecule has 1 heteroatoms. The molecule has 0 saturated carbocycles. The quantitative estimate of drug-likeness (QED) is 0.210. The van der Waals surface area contributed by atoms with Crippen LogP contribution in [0.15, 0.2) is 140 Å². The van der Waals surface area contributed by atoms with Crippen molar-refractivity contribution >= 4 is 21.5 Å². The van der Waals surface area contributed by atoms with Crippen LogP contribution < -0.4 is 0 Å². The summed E-state index contributed by atoms with van der Waals surface area (Å²) in [5, 5.41) is 5.11. The molecule has 0 bridgehead atoms. The van der Waals surface area contributed by atoms with Gasteiger partial charge in [-0.2, -0.15) is 0 Å². The average Bonchev–Trinajstić information content (AvgIpc) is 3.26. The van der Waals surface area contributed by atoms with Gasteiger partial charge in [0.15, 0.2) is 0 Å². The third-order valence-electron chi connectivity index (χ3n) is 8.93. The van der Waals surface area contributed by atoms with E-state index in [2.05, 4.69) is 147 Å². The molecule has 0 N–H and O–H groups in total. The summed E-state index contributed by atoms with van der Waals surface area (Å²) in [4.78, 5) is 4.77. The zero-order chi connectivity index (χ0) is 27.6. The van der Waals surface area contributed by atoms with E-state index in [0.717, 1.165) is 5.69 Å². The smallest absolute Gasteiger partial charge is 0.0745 e. The maximum Gasteiger partial charge on any atom is 0.0745 e. The highest BCUT2D eigenvalue weighted by molar-refractivity contribution is 6.21. The van der Waals surface area contributed by atoms with Gasteiger partial charge in [-0.15, -0.1) is 0 Å². The number of pyridine rings is 1. The summed E-state index contributed by atoms with van der Waals surface area (Å²) in [6.07, 6.45) is 1.91. The topological polar surface area (TPSA) is 12.9 Å². The van der Waals surface area contributed by atoms with Gasteiger partial charge >= 0.3 is 0 Å². The van der Waals surface area contributed by atoms with Gasteiger partial charge in [-0.1, -0.05) is 135 Å². The zero-order valence-corrected chi connectivity index (χ0v) is 23.2. The standard InChI is InChI=1S/C40H29N/c1-40(2)35-17-10-24-41-39(35)34-23-22-29(25-36(34)40)38-32-15-8-6-13-30(32)37(31-14-7-9-16-33(31)38)28-20-18-27(19-21-28)26-11-4-3-5-12-26/h3-25H,1-2H3. The Morgan fingerprint density at radius 1 is 0.439 bits per heavy atom. The van der Waals surface area contributed by atoms with Crippen molar-refractivity contribution < 1.29 is 0 Å². The number of nitrogens with zero attached hydrogens (tertiary/aromatic N) is 1. The van der Waals surface area contributed by atoms with E-state index in [1.807, 2.05) is 6.20 Å². The zero-order valence-electron chi connectivity index (χ0n) is 23.2. The van der Waals surface area contributed by atoms with Crippen molar-refractivity contribution in [3.8, 4) is 44.6 Å². The highest BCUT2D eigenvalue weighted by atomic mass is 14.7. The van der Waals surface area contributed by atoms with Gasteiger partial charge in [0.2, 0.25) is 0 Å². The number of fused-ring (bicyclic) bond motifs is 5. The maximum atomic E-state index is 4.77. The molecule has 0 amide bonds. The third kappa shape index (κ3) is 3.59. The average molecular weight is 524 g/mol. The SMILES string of the molecule is CC1(C)c2cc(-c3c4ccccc4c(-c4ccc(-c5ccccc5)cc4)c4ccccc34)ccc2-c2ncccc21. The maximum absolute atomic E-state index is 4.77. The van der Waals surface area contributed by atoms with Gasteiger partial charge in [-0.05, 0) is 78.2 Å². The minimum atomic E-state index is -0.0962. The normalized spacial score (nSPS) is 13.3. The molecule has 0 fully saturated rings. The van der Waals surface area contributed by atoms with E-state index in [4.69, 9.17) is 4.98 Å². The minimum absolute atomic E-state index is 0.0962. The lowest BCUT2D eigenvalue weighted by atomic mass is 9.80. The molecule has 194 valence electrons. The molecule has 1 aliphatic carbocycles. The molecule has 41 heavy (non-hydrogen) atoms. The van der Waals surface area contributed by atoms with Crippen molar-refractivity contribution in [2.75, 3.05) is 0 Å². The van der Waals surface area contributed by atoms with Crippen molar-refractivity contribution in [2.24, 2.45) is 0 Å². The lowest BCUT2D eigenvalue weighted by molar-refractivity contribution is 0.659. The lowest BCUT2D eigenvalue weighted by Crippen LogP contribution is -2.15. The molecule has 8 rings (SSSR count). The largest absolute Gasteiger partial charge is 0.256 e. The Bertz CT molecular complexity index is 2040. The van der Waals surface area contributed by atoms with E-state index in [1.165, 1.54) is 71.6 Å². The second-order valence-electron chi connectivity index (χ2n) is 11.6. The molecule has 1 aliphatic rings. The number of rotatable bonds is 3. The molecule has 0 saturated heterocycles. The molecule has 0 radical (unpaired) electrons. The van der Waals surface area contributed by atoms with Gasteiger partial charge in [0.05, 0.1) is 5.69 Å². The summed E-state index contributed by atoms with van der Waals surface area (Å²) in [5.41, 5.74) is 12.5. The Morgan fingerprint density at radius 2 is 0.951 bits per heavy atom. The van der Waals surface area contributed by atoms with Gasteiger partial charge in [0.1, 0.15) is 0 Å². The summed E-state index contributed by atoms with van der Waals surface area (Å²) in [5.74, 6) is 0. The van der Waals surface area contributed by atoms with E-state index >= 15 is 0 Å². The van der Waals surface area contributed by atoms with Gasteiger partial charge < -0.3 is 0 Å². The molecule has 7 aromatic rings. The number of hydrogen-bond donors (Lipinski definition) is 0. The number of benzene rings is 6. The van der Waals surface area contributed by atoms with Crippen molar-refractivity contribution in [1.82, 2.24) is 4.98 Å². The third-order valence-corrected chi connectivity index (χ3v) is 8.93. The van der Waals surface area contributed by atoms with E-state index in [0.29, 0.717) is 0 Å². The van der Waals surface area contributed by atoms with Crippen LogP contribution in [0.2, 0.25) is 0 Å². The van der Waals surface area contributed by atoms with Crippen LogP contribution >= 0.6 is 0 Å². The van der Waals surface area contributed by atoms with Gasteiger partial charge in [-0.3, -0.25) is 4.98 Å². The Balaban J connectivity index is 1.37. The van der Waals surface area contributed by atoms with Crippen LogP contribution in [-0.2, 0) is 5.41 Å². The van der Waals surface area contributed by atoms with Crippen LogP contribution in [0.25, 0.3) is 66.2 Å². The molecule has 1 nitrogen and oxygen atoms in total. The summed E-state index contributed by atoms with van der Waals surface area (Å²) in [6, 6.07) is 48.7. The molecule has 0 unspecified atom stereocenters. The van der Waals surface area contributed by atoms with E-state index in [-0.39, 0.29) is 5.41 Å². The molecule has 1 aromatic heterocycles. The first-order valence-electron chi connectivity index (χ1n) is 14.3. The monoisotopic (exact) mass is 523 g/mol. The van der Waals surface area contributed by atoms with Gasteiger partial charge in [0.25, 0.3) is 0 Å². The van der Waals surface area contributed by atoms with Crippen LogP contribution in [0.1, 0.15) is 25.0 Å². The highest BCUT2D eigenvalue weighted by Gasteiger charge is 2.36. The number of aromatic nitrogens is 1. The highest BCUT2D eigenvalue weighted by Crippen LogP contribution is 2.50. The van der Waals surface area contributed by atoms with Crippen molar-refractivity contribution in [1.29, 1.82) is 0 Å². The molecule has 0 aliphatic heterocycles. The predicted octanol–water partition coefficient (Wildman–Crippen LogP) is 10.7. The van der Waals surface area contributed by atoms with Crippen LogP contribution in [0.5, 0.6) is 0 Å². The van der Waals surface area contributed by atoms with E-state index in [1.54, 1.807) is 0 Å². The molecular formula is C40H29N. The predicted molar refractivity (Wildman–Crippen MR) is 173 cm³/mol. The second kappa shape index (κ2) is 9.01. The fourth-order valence-electron chi connectivity index (χ4n) is 6.90. The first-order chi connectivity index (χ1) is 20.1. The summed E-state index contributed by atoms with van der Waals surface area (Å²) in [7, 11) is 0. The Labute approximate surface area is 240 Å². The minimum Gasteiger partial charge on any atom is -0.256 e. The fourth-order valence-corrected chi connectivity index (χ4v) is 6.90. The van der Waals surface area contributed by atoms with Crippen LogP contribution in [0.4, 0.5) is 0 Å². The van der Waals surface area contributed by atoms with Gasteiger partial charge in [-0.25, -0.2) is 0 Å². The van der Waals surface area contributed by atoms with Crippen molar-refractivity contribution in [3.05, 3.63) is 151 Å². The number of hydrogen-bond acceptors (Lipinski definition) is 1. The second-order valence-corrected chi connectivity index (χ2v) is 11.6. The van der Waals surface area contributed by atoms with E-state index in [9.17, 15) is 0 Å². The summed E-state index contributed by atoms with van der Waals surface area (Å²) >= 11 is 0. The molecule has 6 aromatic carbocycles. The Morgan fingerprint density at radius 3 is 1.59 bits per heavy atom. The summed E-state index contributed by atoms with van der Waals surface area (Å²) in [6.45, 7) is 4.64. The molecule has 0 atom stereocenters. The fraction of sp³-hybridized carbons (Fsp3) is 0.0750. The molecule has 0 spiro atoms. The lowest BCUT2D eigenvalue weighted by Gasteiger charge is -2.22. The van der Waals surface area contributed by atoms with Crippen molar-refractivity contribution in [2.45, 2.75) is 19.3 Å². The Kier molecular flexibility index (Phi) is 5.24. The first-order valence-corrected chi connectivity index (χ1v) is 14.3. The molecular weight excluding hydrogens is 494 g/mol. The van der Waals surface area contributed by atoms with Crippen LogP contribution in [-0.4, -0.2) is 4.98 Å². The summed E-state index contributed by atoms with van der Waals surface area (Å²) < 4.78 is 0. The molecule has 1 heterocycles. The Hall–Kier alpha value is -5.01. The van der Waals surface area contributed by atoms with Crippen molar-refractivity contribution in [3.63, 3.8) is 0 Å². The van der Waals surface area contributed by atoms with E-state index < -0.39 is 0 Å². The van der Waals surface area contributed by atoms with Gasteiger partial charge in [0, 0.05) is 17.2 Å². The van der Waals surface area contributed by atoms with Crippen LogP contribution in [0, 0.1) is 0 Å². The van der Waals surface area contributed by atoms with Crippen LogP contribution in [0.3, 0.4) is 0 Å². The first kappa shape index (κ1) is 23.8.